The fraction of sp³-hybridized carbons (Fsp3) is 0.538. The molecule has 0 amide bonds. The molecule has 2 N–H and O–H groups in total. The van der Waals surface area contributed by atoms with Crippen LogP contribution in [0.3, 0.4) is 0 Å². The first-order chi connectivity index (χ1) is 8.70. The molecule has 2 rings (SSSR count). The predicted molar refractivity (Wildman–Crippen MR) is 65.3 cm³/mol. The minimum absolute atomic E-state index is 0.256. The molecule has 0 saturated carbocycles. The highest BCUT2D eigenvalue weighted by atomic mass is 19.2. The Morgan fingerprint density at radius 1 is 1.11 bits per heavy atom. The summed E-state index contributed by atoms with van der Waals surface area (Å²) in [5, 5.41) is 12.4. The van der Waals surface area contributed by atoms with Gasteiger partial charge in [0.2, 0.25) is 0 Å². The second-order valence-electron chi connectivity index (χ2n) is 4.53. The minimum Gasteiger partial charge on any atom is -0.392 e. The monoisotopic (exact) mass is 256 g/mol. The summed E-state index contributed by atoms with van der Waals surface area (Å²) in [7, 11) is 0. The lowest BCUT2D eigenvalue weighted by Gasteiger charge is -2.27. The Hall–Kier alpha value is -1.04. The van der Waals surface area contributed by atoms with Crippen LogP contribution in [-0.4, -0.2) is 42.7 Å². The Kier molecular flexibility index (Phi) is 4.63. The maximum Gasteiger partial charge on any atom is 0.159 e. The Balaban J connectivity index is 2.01. The first kappa shape index (κ1) is 13.4. The highest BCUT2D eigenvalue weighted by Gasteiger charge is 2.12. The van der Waals surface area contributed by atoms with Gasteiger partial charge < -0.3 is 15.3 Å². The minimum atomic E-state index is -0.898. The van der Waals surface area contributed by atoms with Crippen LogP contribution in [0, 0.1) is 11.6 Å². The van der Waals surface area contributed by atoms with Crippen LogP contribution < -0.4 is 5.32 Å². The second-order valence-corrected chi connectivity index (χ2v) is 4.53. The zero-order valence-corrected chi connectivity index (χ0v) is 10.3. The molecule has 0 spiro atoms. The molecule has 0 atom stereocenters. The van der Waals surface area contributed by atoms with Gasteiger partial charge in [-0.1, -0.05) is 0 Å². The summed E-state index contributed by atoms with van der Waals surface area (Å²) in [6.07, 6.45) is 0.632. The average Bonchev–Trinajstić information content (AvgIpc) is 2.41. The van der Waals surface area contributed by atoms with Crippen molar-refractivity contribution in [3.63, 3.8) is 0 Å². The molecule has 0 aromatic heterocycles. The molecule has 100 valence electrons. The molecule has 3 nitrogen and oxygen atoms in total. The second kappa shape index (κ2) is 6.22. The molecule has 0 bridgehead atoms. The zero-order valence-electron chi connectivity index (χ0n) is 10.3. The van der Waals surface area contributed by atoms with E-state index in [1.54, 1.807) is 0 Å². The highest BCUT2D eigenvalue weighted by molar-refractivity contribution is 5.28. The maximum absolute atomic E-state index is 13.2. The van der Waals surface area contributed by atoms with Crippen LogP contribution in [0.15, 0.2) is 12.1 Å². The van der Waals surface area contributed by atoms with Gasteiger partial charge in [-0.3, -0.25) is 0 Å². The Labute approximate surface area is 105 Å². The number of nitrogens with one attached hydrogen (secondary N) is 1. The van der Waals surface area contributed by atoms with E-state index >= 15 is 0 Å². The van der Waals surface area contributed by atoms with Gasteiger partial charge in [0.15, 0.2) is 11.6 Å². The lowest BCUT2D eigenvalue weighted by atomic mass is 10.0. The lowest BCUT2D eigenvalue weighted by molar-refractivity contribution is 0.242. The Morgan fingerprint density at radius 3 is 2.33 bits per heavy atom. The van der Waals surface area contributed by atoms with Crippen LogP contribution in [0.1, 0.15) is 11.1 Å². The number of aliphatic hydroxyl groups is 1. The van der Waals surface area contributed by atoms with Gasteiger partial charge in [-0.15, -0.1) is 0 Å². The van der Waals surface area contributed by atoms with E-state index < -0.39 is 11.6 Å². The van der Waals surface area contributed by atoms with Crippen molar-refractivity contribution in [3.05, 3.63) is 34.9 Å². The van der Waals surface area contributed by atoms with Gasteiger partial charge in [0.1, 0.15) is 0 Å². The van der Waals surface area contributed by atoms with Crippen LogP contribution >= 0.6 is 0 Å². The van der Waals surface area contributed by atoms with Crippen LogP contribution in [0.25, 0.3) is 0 Å². The van der Waals surface area contributed by atoms with Crippen molar-refractivity contribution in [1.29, 1.82) is 0 Å². The largest absolute Gasteiger partial charge is 0.392 e. The van der Waals surface area contributed by atoms with Gasteiger partial charge in [0.25, 0.3) is 0 Å². The number of hydrogen-bond acceptors (Lipinski definition) is 3. The molecule has 0 unspecified atom stereocenters. The topological polar surface area (TPSA) is 35.5 Å². The molecule has 5 heteroatoms. The SMILES string of the molecule is OCc1cc(F)c(F)cc1CCN1CCNCC1. The number of benzene rings is 1. The lowest BCUT2D eigenvalue weighted by Crippen LogP contribution is -2.44. The summed E-state index contributed by atoms with van der Waals surface area (Å²) in [6.45, 7) is 4.42. The molecule has 1 aliphatic rings. The van der Waals surface area contributed by atoms with Gasteiger partial charge in [0, 0.05) is 32.7 Å². The van der Waals surface area contributed by atoms with Crippen LogP contribution in [0.4, 0.5) is 8.78 Å². The fourth-order valence-electron chi connectivity index (χ4n) is 2.22. The standard InChI is InChI=1S/C13H18F2N2O/c14-12-7-10(11(9-18)8-13(12)15)1-4-17-5-2-16-3-6-17/h7-8,16,18H,1-6,9H2. The molecule has 18 heavy (non-hydrogen) atoms. The predicted octanol–water partition coefficient (Wildman–Crippen LogP) is 0.905. The number of halogens is 2. The first-order valence-electron chi connectivity index (χ1n) is 6.21. The van der Waals surface area contributed by atoms with Crippen molar-refractivity contribution in [2.24, 2.45) is 0 Å². The molecule has 1 aromatic carbocycles. The number of piperazine rings is 1. The zero-order chi connectivity index (χ0) is 13.0. The smallest absolute Gasteiger partial charge is 0.159 e. The third kappa shape index (κ3) is 3.25. The van der Waals surface area contributed by atoms with E-state index in [1.165, 1.54) is 6.07 Å². The van der Waals surface area contributed by atoms with Crippen molar-refractivity contribution in [1.82, 2.24) is 10.2 Å². The van der Waals surface area contributed by atoms with Crippen molar-refractivity contribution < 1.29 is 13.9 Å². The molecular weight excluding hydrogens is 238 g/mol. The highest BCUT2D eigenvalue weighted by Crippen LogP contribution is 2.16. The molecule has 1 aliphatic heterocycles. The number of hydrogen-bond donors (Lipinski definition) is 2. The van der Waals surface area contributed by atoms with Gasteiger partial charge in [0.05, 0.1) is 6.61 Å². The third-order valence-corrected chi connectivity index (χ3v) is 3.32. The molecule has 1 heterocycles. The van der Waals surface area contributed by atoms with Crippen molar-refractivity contribution >= 4 is 0 Å². The van der Waals surface area contributed by atoms with Gasteiger partial charge in [-0.25, -0.2) is 8.78 Å². The van der Waals surface area contributed by atoms with Crippen molar-refractivity contribution in [3.8, 4) is 0 Å². The summed E-state index contributed by atoms with van der Waals surface area (Å²) in [4.78, 5) is 2.28. The third-order valence-electron chi connectivity index (χ3n) is 3.32. The summed E-state index contributed by atoms with van der Waals surface area (Å²) < 4.78 is 26.2. The van der Waals surface area contributed by atoms with E-state index in [-0.39, 0.29) is 6.61 Å². The quantitative estimate of drug-likeness (QED) is 0.840. The molecular formula is C13H18F2N2O. The first-order valence-corrected chi connectivity index (χ1v) is 6.21. The Bertz CT molecular complexity index is 406. The molecule has 1 fully saturated rings. The summed E-state index contributed by atoms with van der Waals surface area (Å²) in [5.74, 6) is -1.74. The van der Waals surface area contributed by atoms with Gasteiger partial charge in [-0.05, 0) is 29.7 Å². The van der Waals surface area contributed by atoms with Gasteiger partial charge >= 0.3 is 0 Å². The number of rotatable bonds is 4. The summed E-state index contributed by atoms with van der Waals surface area (Å²) in [5.41, 5.74) is 1.17. The van der Waals surface area contributed by atoms with Crippen molar-refractivity contribution in [2.75, 3.05) is 32.7 Å². The van der Waals surface area contributed by atoms with Crippen LogP contribution in [-0.2, 0) is 13.0 Å². The number of aliphatic hydroxyl groups excluding tert-OH is 1. The molecule has 0 radical (unpaired) electrons. The maximum atomic E-state index is 13.2. The van der Waals surface area contributed by atoms with E-state index in [0.29, 0.717) is 17.5 Å². The van der Waals surface area contributed by atoms with E-state index in [4.69, 9.17) is 5.11 Å². The van der Waals surface area contributed by atoms with E-state index in [1.807, 2.05) is 0 Å². The summed E-state index contributed by atoms with van der Waals surface area (Å²) >= 11 is 0. The molecule has 0 aliphatic carbocycles. The normalized spacial score (nSPS) is 17.1. The fourth-order valence-corrected chi connectivity index (χ4v) is 2.22. The van der Waals surface area contributed by atoms with Crippen molar-refractivity contribution in [2.45, 2.75) is 13.0 Å². The number of nitrogens with zero attached hydrogens (tertiary/aromatic N) is 1. The van der Waals surface area contributed by atoms with Gasteiger partial charge in [-0.2, -0.15) is 0 Å². The van der Waals surface area contributed by atoms with E-state index in [9.17, 15) is 8.78 Å². The van der Waals surface area contributed by atoms with E-state index in [0.717, 1.165) is 38.8 Å². The van der Waals surface area contributed by atoms with E-state index in [2.05, 4.69) is 10.2 Å². The summed E-state index contributed by atoms with van der Waals surface area (Å²) in [6, 6.07) is 2.28. The average molecular weight is 256 g/mol. The van der Waals surface area contributed by atoms with Crippen LogP contribution in [0.2, 0.25) is 0 Å². The van der Waals surface area contributed by atoms with Crippen LogP contribution in [0.5, 0.6) is 0 Å². The molecule has 1 aromatic rings. The Morgan fingerprint density at radius 2 is 1.72 bits per heavy atom. The molecule has 1 saturated heterocycles.